The van der Waals surface area contributed by atoms with Crippen molar-refractivity contribution in [3.8, 4) is 0 Å². The van der Waals surface area contributed by atoms with Gasteiger partial charge in [0.05, 0.1) is 18.9 Å². The van der Waals surface area contributed by atoms with Crippen LogP contribution >= 0.6 is 23.2 Å². The van der Waals surface area contributed by atoms with Gasteiger partial charge in [0.1, 0.15) is 5.15 Å². The molecule has 0 aliphatic carbocycles. The number of nitrogens with zero attached hydrogens (tertiary/aromatic N) is 2. The van der Waals surface area contributed by atoms with Gasteiger partial charge in [-0.05, 0) is 11.6 Å². The predicted octanol–water partition coefficient (Wildman–Crippen LogP) is 1.86. The van der Waals surface area contributed by atoms with Crippen molar-refractivity contribution in [3.63, 3.8) is 0 Å². The smallest absolute Gasteiger partial charge is 0.224 e. The van der Waals surface area contributed by atoms with Gasteiger partial charge < -0.3 is 4.74 Å². The molecule has 0 amide bonds. The molecule has 0 bridgehead atoms. The number of halogens is 2. The first-order chi connectivity index (χ1) is 5.77. The molecule has 1 aliphatic heterocycles. The molecule has 0 fully saturated rings. The van der Waals surface area contributed by atoms with Gasteiger partial charge in [0.15, 0.2) is 0 Å². The minimum atomic E-state index is 0.209. The molecule has 3 nitrogen and oxygen atoms in total. The maximum atomic E-state index is 5.83. The molecule has 0 aromatic carbocycles. The monoisotopic (exact) mass is 204 g/mol. The minimum absolute atomic E-state index is 0.209. The molecule has 1 aliphatic rings. The van der Waals surface area contributed by atoms with E-state index in [0.29, 0.717) is 18.4 Å². The van der Waals surface area contributed by atoms with E-state index < -0.39 is 0 Å². The number of ether oxygens (including phenoxy) is 1. The van der Waals surface area contributed by atoms with E-state index in [0.717, 1.165) is 17.7 Å². The molecule has 0 atom stereocenters. The first kappa shape index (κ1) is 8.23. The highest BCUT2D eigenvalue weighted by Gasteiger charge is 2.15. The van der Waals surface area contributed by atoms with Crippen molar-refractivity contribution in [1.29, 1.82) is 0 Å². The van der Waals surface area contributed by atoms with Crippen molar-refractivity contribution in [1.82, 2.24) is 9.97 Å². The maximum absolute atomic E-state index is 5.83. The van der Waals surface area contributed by atoms with E-state index in [1.807, 2.05) is 0 Å². The first-order valence-electron chi connectivity index (χ1n) is 3.56. The number of hydrogen-bond acceptors (Lipinski definition) is 3. The zero-order valence-corrected chi connectivity index (χ0v) is 7.69. The van der Waals surface area contributed by atoms with Gasteiger partial charge in [-0.3, -0.25) is 0 Å². The van der Waals surface area contributed by atoms with Gasteiger partial charge in [-0.1, -0.05) is 11.6 Å². The standard InChI is InChI=1S/C7H6Cl2N2O/c8-6-4-3-12-2-1-5(4)10-7(9)11-6/h1-3H2. The average molecular weight is 205 g/mol. The van der Waals surface area contributed by atoms with Crippen LogP contribution in [0.1, 0.15) is 11.3 Å². The van der Waals surface area contributed by atoms with Gasteiger partial charge in [0, 0.05) is 12.0 Å². The molecule has 1 aromatic heterocycles. The number of aromatic nitrogens is 2. The van der Waals surface area contributed by atoms with Crippen LogP contribution in [-0.4, -0.2) is 16.6 Å². The van der Waals surface area contributed by atoms with E-state index >= 15 is 0 Å². The number of hydrogen-bond donors (Lipinski definition) is 0. The van der Waals surface area contributed by atoms with Gasteiger partial charge in [-0.25, -0.2) is 9.97 Å². The fourth-order valence-corrected chi connectivity index (χ4v) is 1.64. The van der Waals surface area contributed by atoms with Crippen molar-refractivity contribution in [2.24, 2.45) is 0 Å². The molecule has 2 heterocycles. The Labute approximate surface area is 79.7 Å². The molecule has 5 heteroatoms. The maximum Gasteiger partial charge on any atom is 0.224 e. The van der Waals surface area contributed by atoms with Crippen molar-refractivity contribution >= 4 is 23.2 Å². The van der Waals surface area contributed by atoms with Crippen LogP contribution in [0.25, 0.3) is 0 Å². The van der Waals surface area contributed by atoms with Crippen LogP contribution in [-0.2, 0) is 17.8 Å². The summed E-state index contributed by atoms with van der Waals surface area (Å²) < 4.78 is 5.21. The van der Waals surface area contributed by atoms with Crippen LogP contribution in [0.15, 0.2) is 0 Å². The molecule has 64 valence electrons. The summed E-state index contributed by atoms with van der Waals surface area (Å²) in [6.07, 6.45) is 0.761. The summed E-state index contributed by atoms with van der Waals surface area (Å²) >= 11 is 11.5. The minimum Gasteiger partial charge on any atom is -0.376 e. The van der Waals surface area contributed by atoms with Gasteiger partial charge >= 0.3 is 0 Å². The summed E-state index contributed by atoms with van der Waals surface area (Å²) in [5.41, 5.74) is 1.78. The highest BCUT2D eigenvalue weighted by molar-refractivity contribution is 6.32. The van der Waals surface area contributed by atoms with Crippen LogP contribution < -0.4 is 0 Å². The van der Waals surface area contributed by atoms with Crippen LogP contribution in [0.4, 0.5) is 0 Å². The Morgan fingerprint density at radius 1 is 1.25 bits per heavy atom. The van der Waals surface area contributed by atoms with E-state index in [4.69, 9.17) is 27.9 Å². The second-order valence-electron chi connectivity index (χ2n) is 2.51. The molecular formula is C7H6Cl2N2O. The normalized spacial score (nSPS) is 15.8. The SMILES string of the molecule is Clc1nc(Cl)c2c(n1)CCOC2. The van der Waals surface area contributed by atoms with Crippen LogP contribution in [0.2, 0.25) is 10.4 Å². The molecule has 0 spiro atoms. The molecule has 0 saturated heterocycles. The summed E-state index contributed by atoms with van der Waals surface area (Å²) in [5, 5.41) is 0.616. The first-order valence-corrected chi connectivity index (χ1v) is 4.31. The van der Waals surface area contributed by atoms with Gasteiger partial charge in [0.2, 0.25) is 5.28 Å². The fraction of sp³-hybridized carbons (Fsp3) is 0.429. The van der Waals surface area contributed by atoms with Crippen molar-refractivity contribution in [2.75, 3.05) is 6.61 Å². The average Bonchev–Trinajstić information content (AvgIpc) is 2.04. The third-order valence-corrected chi connectivity index (χ3v) is 2.23. The second kappa shape index (κ2) is 3.17. The predicted molar refractivity (Wildman–Crippen MR) is 45.4 cm³/mol. The molecular weight excluding hydrogens is 199 g/mol. The molecule has 12 heavy (non-hydrogen) atoms. The Hall–Kier alpha value is -0.380. The Morgan fingerprint density at radius 2 is 2.08 bits per heavy atom. The third-order valence-electron chi connectivity index (χ3n) is 1.74. The third kappa shape index (κ3) is 1.40. The van der Waals surface area contributed by atoms with Crippen LogP contribution in [0.5, 0.6) is 0 Å². The summed E-state index contributed by atoms with van der Waals surface area (Å²) in [7, 11) is 0. The number of rotatable bonds is 0. The Bertz CT molecular complexity index is 317. The molecule has 2 rings (SSSR count). The van der Waals surface area contributed by atoms with Crippen molar-refractivity contribution in [2.45, 2.75) is 13.0 Å². The summed E-state index contributed by atoms with van der Waals surface area (Å²) in [4.78, 5) is 7.89. The Morgan fingerprint density at radius 3 is 2.92 bits per heavy atom. The lowest BCUT2D eigenvalue weighted by molar-refractivity contribution is 0.109. The zero-order valence-electron chi connectivity index (χ0n) is 6.18. The second-order valence-corrected chi connectivity index (χ2v) is 3.21. The van der Waals surface area contributed by atoms with Crippen LogP contribution in [0, 0.1) is 0 Å². The van der Waals surface area contributed by atoms with Crippen LogP contribution in [0.3, 0.4) is 0 Å². The highest BCUT2D eigenvalue weighted by atomic mass is 35.5. The molecule has 1 aromatic rings. The lowest BCUT2D eigenvalue weighted by atomic mass is 10.1. The van der Waals surface area contributed by atoms with E-state index in [2.05, 4.69) is 9.97 Å². The summed E-state index contributed by atoms with van der Waals surface area (Å²) in [6.45, 7) is 1.17. The number of fused-ring (bicyclic) bond motifs is 1. The van der Waals surface area contributed by atoms with Crippen molar-refractivity contribution in [3.05, 3.63) is 21.7 Å². The lowest BCUT2D eigenvalue weighted by Crippen LogP contribution is -2.13. The zero-order chi connectivity index (χ0) is 8.55. The van der Waals surface area contributed by atoms with Gasteiger partial charge in [-0.15, -0.1) is 0 Å². The van der Waals surface area contributed by atoms with Gasteiger partial charge in [0.25, 0.3) is 0 Å². The van der Waals surface area contributed by atoms with Gasteiger partial charge in [-0.2, -0.15) is 0 Å². The largest absolute Gasteiger partial charge is 0.376 e. The summed E-state index contributed by atoms with van der Waals surface area (Å²) in [5.74, 6) is 0. The molecule has 0 saturated carbocycles. The Balaban J connectivity index is 2.53. The quantitative estimate of drug-likeness (QED) is 0.478. The fourth-order valence-electron chi connectivity index (χ4n) is 1.16. The Kier molecular flexibility index (Phi) is 2.17. The highest BCUT2D eigenvalue weighted by Crippen LogP contribution is 2.22. The van der Waals surface area contributed by atoms with E-state index in [9.17, 15) is 0 Å². The topological polar surface area (TPSA) is 35.0 Å². The van der Waals surface area contributed by atoms with E-state index in [1.54, 1.807) is 0 Å². The lowest BCUT2D eigenvalue weighted by Gasteiger charge is -2.15. The molecule has 0 unspecified atom stereocenters. The van der Waals surface area contributed by atoms with E-state index in [-0.39, 0.29) is 5.28 Å². The summed E-state index contributed by atoms with van der Waals surface area (Å²) in [6, 6.07) is 0. The van der Waals surface area contributed by atoms with Crippen molar-refractivity contribution < 1.29 is 4.74 Å². The van der Waals surface area contributed by atoms with E-state index in [1.165, 1.54) is 0 Å². The molecule has 0 radical (unpaired) electrons. The molecule has 0 N–H and O–H groups in total.